The van der Waals surface area contributed by atoms with Crippen LogP contribution in [0.2, 0.25) is 10.0 Å². The number of halogens is 2. The molecule has 188 valence electrons. The molecule has 1 atom stereocenters. The molecule has 0 saturated heterocycles. The van der Waals surface area contributed by atoms with Gasteiger partial charge in [0.2, 0.25) is 0 Å². The van der Waals surface area contributed by atoms with Crippen LogP contribution in [0, 0.1) is 6.92 Å². The van der Waals surface area contributed by atoms with Gasteiger partial charge in [-0.2, -0.15) is 0 Å². The Kier molecular flexibility index (Phi) is 7.73. The number of carbonyl (C=O) groups excluding carboxylic acids is 1. The summed E-state index contributed by atoms with van der Waals surface area (Å²) in [4.78, 5) is 31.9. The fraction of sp³-hybridized carbons (Fsp3) is 0.296. The fourth-order valence-electron chi connectivity index (χ4n) is 4.04. The van der Waals surface area contributed by atoms with Crippen LogP contribution in [0.25, 0.3) is 6.08 Å². The highest BCUT2D eigenvalue weighted by atomic mass is 35.5. The molecule has 3 aromatic rings. The summed E-state index contributed by atoms with van der Waals surface area (Å²) in [5.74, 6) is -0.0479. The second-order valence-corrected chi connectivity index (χ2v) is 10.5. The number of hydrogen-bond acceptors (Lipinski definition) is 6. The maximum absolute atomic E-state index is 13.8. The van der Waals surface area contributed by atoms with Crippen molar-refractivity contribution in [2.75, 3.05) is 6.61 Å². The standard InChI is InChI=1S/C27H26Cl2N2O4S/c1-6-34-26(33)22-16(5)30-27-31(23(22)17-9-7-15(4)8-10-17)25(32)21(36-27)12-18-11-19(28)13-20(29)24(18)35-14(2)3/h7-14,23H,6H2,1-5H3/b21-12-/t23-/m0/s1. The number of nitrogens with zero attached hydrogens (tertiary/aromatic N) is 2. The third-order valence-corrected chi connectivity index (χ3v) is 7.07. The van der Waals surface area contributed by atoms with Crippen LogP contribution in [0.4, 0.5) is 0 Å². The lowest BCUT2D eigenvalue weighted by molar-refractivity contribution is -0.139. The molecule has 0 amide bonds. The van der Waals surface area contributed by atoms with Gasteiger partial charge < -0.3 is 9.47 Å². The van der Waals surface area contributed by atoms with Gasteiger partial charge in [-0.1, -0.05) is 64.4 Å². The predicted octanol–water partition coefficient (Wildman–Crippen LogP) is 5.20. The first-order valence-corrected chi connectivity index (χ1v) is 13.1. The molecule has 1 aromatic heterocycles. The number of fused-ring (bicyclic) bond motifs is 1. The highest BCUT2D eigenvalue weighted by Crippen LogP contribution is 2.34. The van der Waals surface area contributed by atoms with E-state index in [0.29, 0.717) is 42.0 Å². The van der Waals surface area contributed by atoms with Gasteiger partial charge in [0.05, 0.1) is 39.6 Å². The predicted molar refractivity (Wildman–Crippen MR) is 144 cm³/mol. The van der Waals surface area contributed by atoms with Gasteiger partial charge in [0.1, 0.15) is 5.75 Å². The number of ether oxygens (including phenoxy) is 2. The Balaban J connectivity index is 1.97. The number of esters is 1. The Bertz CT molecular complexity index is 1540. The summed E-state index contributed by atoms with van der Waals surface area (Å²) < 4.78 is 13.2. The first-order valence-electron chi connectivity index (χ1n) is 11.5. The van der Waals surface area contributed by atoms with Crippen molar-refractivity contribution < 1.29 is 14.3 Å². The number of carbonyl (C=O) groups is 1. The first kappa shape index (κ1) is 26.2. The van der Waals surface area contributed by atoms with Gasteiger partial charge >= 0.3 is 5.97 Å². The van der Waals surface area contributed by atoms with Gasteiger partial charge in [-0.05, 0) is 58.4 Å². The molecule has 0 fully saturated rings. The molecular formula is C27H26Cl2N2O4S. The monoisotopic (exact) mass is 544 g/mol. The Morgan fingerprint density at radius 1 is 1.19 bits per heavy atom. The van der Waals surface area contributed by atoms with Crippen LogP contribution in [-0.4, -0.2) is 23.2 Å². The van der Waals surface area contributed by atoms with E-state index in [2.05, 4.69) is 4.99 Å². The minimum atomic E-state index is -0.669. The summed E-state index contributed by atoms with van der Waals surface area (Å²) in [6, 6.07) is 10.4. The molecule has 0 unspecified atom stereocenters. The van der Waals surface area contributed by atoms with Crippen molar-refractivity contribution in [3.8, 4) is 5.75 Å². The lowest BCUT2D eigenvalue weighted by atomic mass is 9.95. The number of aromatic nitrogens is 1. The van der Waals surface area contributed by atoms with Gasteiger partial charge in [-0.25, -0.2) is 9.79 Å². The van der Waals surface area contributed by atoms with E-state index in [1.165, 1.54) is 11.3 Å². The van der Waals surface area contributed by atoms with E-state index < -0.39 is 12.0 Å². The van der Waals surface area contributed by atoms with Crippen LogP contribution in [-0.2, 0) is 9.53 Å². The lowest BCUT2D eigenvalue weighted by Crippen LogP contribution is -2.39. The van der Waals surface area contributed by atoms with Crippen molar-refractivity contribution in [1.82, 2.24) is 4.57 Å². The molecule has 2 aromatic carbocycles. The molecule has 0 saturated carbocycles. The van der Waals surface area contributed by atoms with Crippen LogP contribution in [0.15, 0.2) is 57.5 Å². The van der Waals surface area contributed by atoms with Crippen molar-refractivity contribution in [2.45, 2.75) is 46.8 Å². The van der Waals surface area contributed by atoms with Crippen molar-refractivity contribution in [1.29, 1.82) is 0 Å². The van der Waals surface area contributed by atoms with E-state index in [0.717, 1.165) is 11.1 Å². The van der Waals surface area contributed by atoms with Gasteiger partial charge in [0, 0.05) is 10.6 Å². The van der Waals surface area contributed by atoms with E-state index >= 15 is 0 Å². The van der Waals surface area contributed by atoms with Crippen molar-refractivity contribution in [3.63, 3.8) is 0 Å². The summed E-state index contributed by atoms with van der Waals surface area (Å²) in [5, 5.41) is 0.779. The van der Waals surface area contributed by atoms with Crippen molar-refractivity contribution in [2.24, 2.45) is 4.99 Å². The van der Waals surface area contributed by atoms with Crippen molar-refractivity contribution >= 4 is 46.6 Å². The average Bonchev–Trinajstić information content (AvgIpc) is 3.10. The van der Waals surface area contributed by atoms with Gasteiger partial charge in [-0.3, -0.25) is 9.36 Å². The van der Waals surface area contributed by atoms with Gasteiger partial charge in [0.25, 0.3) is 5.56 Å². The first-order chi connectivity index (χ1) is 17.1. The van der Waals surface area contributed by atoms with E-state index in [1.54, 1.807) is 36.6 Å². The second-order valence-electron chi connectivity index (χ2n) is 8.69. The largest absolute Gasteiger partial charge is 0.489 e. The average molecular weight is 545 g/mol. The molecule has 6 nitrogen and oxygen atoms in total. The molecule has 4 rings (SSSR count). The fourth-order valence-corrected chi connectivity index (χ4v) is 5.64. The number of benzene rings is 2. The zero-order valence-electron chi connectivity index (χ0n) is 20.6. The molecular weight excluding hydrogens is 519 g/mol. The SMILES string of the molecule is CCOC(=O)C1=C(C)N=c2s/c(=C\c3cc(Cl)cc(Cl)c3OC(C)C)c(=O)n2[C@H]1c1ccc(C)cc1. The number of allylic oxidation sites excluding steroid dienone is 1. The van der Waals surface area contributed by atoms with Crippen LogP contribution < -0.4 is 19.6 Å². The zero-order valence-corrected chi connectivity index (χ0v) is 22.9. The zero-order chi connectivity index (χ0) is 26.1. The Hall–Kier alpha value is -2.87. The van der Waals surface area contributed by atoms with Gasteiger partial charge in [-0.15, -0.1) is 0 Å². The Morgan fingerprint density at radius 2 is 1.89 bits per heavy atom. The Labute approximate surface area is 223 Å². The highest BCUT2D eigenvalue weighted by molar-refractivity contribution is 7.07. The summed E-state index contributed by atoms with van der Waals surface area (Å²) in [6.07, 6.45) is 1.57. The molecule has 36 heavy (non-hydrogen) atoms. The third-order valence-electron chi connectivity index (χ3n) is 5.59. The summed E-state index contributed by atoms with van der Waals surface area (Å²) >= 11 is 13.9. The Morgan fingerprint density at radius 3 is 2.53 bits per heavy atom. The second kappa shape index (κ2) is 10.6. The topological polar surface area (TPSA) is 69.9 Å². The van der Waals surface area contributed by atoms with Crippen LogP contribution in [0.3, 0.4) is 0 Å². The van der Waals surface area contributed by atoms with Crippen molar-refractivity contribution in [3.05, 3.63) is 94.1 Å². The molecule has 2 heterocycles. The number of hydrogen-bond donors (Lipinski definition) is 0. The minimum Gasteiger partial charge on any atom is -0.489 e. The molecule has 1 aliphatic rings. The summed E-state index contributed by atoms with van der Waals surface area (Å²) in [6.45, 7) is 9.49. The van der Waals surface area contributed by atoms with Crippen LogP contribution in [0.5, 0.6) is 5.75 Å². The normalized spacial score (nSPS) is 15.7. The smallest absolute Gasteiger partial charge is 0.338 e. The quantitative estimate of drug-likeness (QED) is 0.400. The summed E-state index contributed by atoms with van der Waals surface area (Å²) in [5.41, 5.74) is 3.01. The minimum absolute atomic E-state index is 0.131. The van der Waals surface area contributed by atoms with E-state index in [-0.39, 0.29) is 18.3 Å². The molecule has 9 heteroatoms. The molecule has 0 N–H and O–H groups in total. The van der Waals surface area contributed by atoms with E-state index in [9.17, 15) is 9.59 Å². The number of aryl methyl sites for hydroxylation is 1. The third kappa shape index (κ3) is 5.14. The molecule has 0 spiro atoms. The number of rotatable bonds is 6. The molecule has 0 bridgehead atoms. The molecule has 0 aliphatic carbocycles. The van der Waals surface area contributed by atoms with E-state index in [4.69, 9.17) is 32.7 Å². The summed E-state index contributed by atoms with van der Waals surface area (Å²) in [7, 11) is 0. The molecule has 0 radical (unpaired) electrons. The van der Waals surface area contributed by atoms with E-state index in [1.807, 2.05) is 45.0 Å². The highest BCUT2D eigenvalue weighted by Gasteiger charge is 2.33. The lowest BCUT2D eigenvalue weighted by Gasteiger charge is -2.24. The van der Waals surface area contributed by atoms with Crippen LogP contribution in [0.1, 0.15) is 50.4 Å². The maximum atomic E-state index is 13.8. The van der Waals surface area contributed by atoms with Gasteiger partial charge in [0.15, 0.2) is 4.80 Å². The number of thiazole rings is 1. The van der Waals surface area contributed by atoms with Crippen LogP contribution >= 0.6 is 34.5 Å². The maximum Gasteiger partial charge on any atom is 0.338 e. The molecule has 1 aliphatic heterocycles.